The molecule has 230 valence electrons. The van der Waals surface area contributed by atoms with E-state index in [1.54, 1.807) is 6.20 Å². The third kappa shape index (κ3) is 3.81. The Morgan fingerprint density at radius 3 is 2.43 bits per heavy atom. The van der Waals surface area contributed by atoms with Gasteiger partial charge in [-0.1, -0.05) is 45.3 Å². The van der Waals surface area contributed by atoms with Crippen LogP contribution in [0.2, 0.25) is 0 Å². The van der Waals surface area contributed by atoms with Crippen molar-refractivity contribution in [2.45, 2.75) is 117 Å². The molecule has 0 aliphatic heterocycles. The Labute approximate surface area is 246 Å². The monoisotopic (exact) mass is 587 g/mol. The first kappa shape index (κ1) is 29.8. The average Bonchev–Trinajstić information content (AvgIpc) is 3.36. The first-order chi connectivity index (χ1) is 19.4. The molecule has 0 bridgehead atoms. The van der Waals surface area contributed by atoms with Crippen LogP contribution in [0, 0.1) is 44.8 Å². The van der Waals surface area contributed by atoms with Crippen LogP contribution in [0.3, 0.4) is 0 Å². The van der Waals surface area contributed by atoms with Crippen molar-refractivity contribution >= 4 is 17.9 Å². The zero-order valence-electron chi connectivity index (χ0n) is 25.7. The second-order valence-electron chi connectivity index (χ2n) is 16.1. The largest absolute Gasteiger partial charge is 0.389 e. The summed E-state index contributed by atoms with van der Waals surface area (Å²) >= 11 is 0. The fourth-order valence-electron chi connectivity index (χ4n) is 11.1. The molecular weight excluding hydrogens is 543 g/mol. The Balaban J connectivity index is 1.46. The molecule has 1 aromatic rings. The highest BCUT2D eigenvalue weighted by Crippen LogP contribution is 2.74. The van der Waals surface area contributed by atoms with E-state index in [9.17, 15) is 27.6 Å². The van der Waals surface area contributed by atoms with Gasteiger partial charge in [-0.15, -0.1) is 0 Å². The summed E-state index contributed by atoms with van der Waals surface area (Å²) in [6.45, 7) is 12.9. The first-order valence-corrected chi connectivity index (χ1v) is 15.6. The standard InChI is InChI=1S/C34H44F3NO4/c1-28(2)11-13-33(25(41)8-10-34(35,36)37)14-12-32(6)26(21(33)17-28)22(40)15-24-29(3)16-20-18-38-42-27(20)30(4,19-39)23(29)7-9-31(24,32)5/h15,18-19,21,23,26H,7-14,16-17H2,1-6H3/t21-,23+,26-,29-,30-,31+,32+,33-/m0/s1. The molecule has 3 fully saturated rings. The number of nitrogens with zero attached hydrogens (tertiary/aromatic N) is 1. The van der Waals surface area contributed by atoms with Crippen molar-refractivity contribution in [2.24, 2.45) is 44.8 Å². The molecule has 0 unspecified atom stereocenters. The molecule has 5 aliphatic carbocycles. The van der Waals surface area contributed by atoms with Crippen molar-refractivity contribution in [3.05, 3.63) is 29.2 Å². The molecule has 0 radical (unpaired) electrons. The highest BCUT2D eigenvalue weighted by Gasteiger charge is 2.71. The molecule has 8 heteroatoms. The second-order valence-corrected chi connectivity index (χ2v) is 16.1. The zero-order chi connectivity index (χ0) is 30.7. The average molecular weight is 588 g/mol. The van der Waals surface area contributed by atoms with Crippen molar-refractivity contribution in [3.63, 3.8) is 0 Å². The van der Waals surface area contributed by atoms with Crippen molar-refractivity contribution in [2.75, 3.05) is 0 Å². The zero-order valence-corrected chi connectivity index (χ0v) is 25.7. The second kappa shape index (κ2) is 8.90. The smallest absolute Gasteiger partial charge is 0.360 e. The minimum Gasteiger partial charge on any atom is -0.360 e. The number of hydrogen-bond donors (Lipinski definition) is 0. The summed E-state index contributed by atoms with van der Waals surface area (Å²) in [5, 5.41) is 4.04. The van der Waals surface area contributed by atoms with Crippen molar-refractivity contribution in [1.82, 2.24) is 5.16 Å². The van der Waals surface area contributed by atoms with E-state index < -0.39 is 46.6 Å². The van der Waals surface area contributed by atoms with Crippen molar-refractivity contribution in [3.8, 4) is 0 Å². The summed E-state index contributed by atoms with van der Waals surface area (Å²) in [6, 6.07) is 0. The van der Waals surface area contributed by atoms with E-state index in [0.29, 0.717) is 37.9 Å². The number of allylic oxidation sites excluding steroid dienone is 2. The maximum Gasteiger partial charge on any atom is 0.389 e. The number of halogens is 3. The Kier molecular flexibility index (Phi) is 6.32. The van der Waals surface area contributed by atoms with Gasteiger partial charge in [-0.2, -0.15) is 13.2 Å². The lowest BCUT2D eigenvalue weighted by molar-refractivity contribution is -0.181. The summed E-state index contributed by atoms with van der Waals surface area (Å²) in [6.07, 6.45) is 3.84. The van der Waals surface area contributed by atoms with E-state index in [4.69, 9.17) is 4.52 Å². The Hall–Kier alpha value is -2.25. The summed E-state index contributed by atoms with van der Waals surface area (Å²) < 4.78 is 45.3. The third-order valence-corrected chi connectivity index (χ3v) is 13.5. The lowest BCUT2D eigenvalue weighted by Gasteiger charge is -2.69. The summed E-state index contributed by atoms with van der Waals surface area (Å²) in [4.78, 5) is 41.1. The molecular formula is C34H44F3NO4. The number of alkyl halides is 3. The van der Waals surface area contributed by atoms with E-state index >= 15 is 0 Å². The van der Waals surface area contributed by atoms with Gasteiger partial charge in [0, 0.05) is 23.3 Å². The molecule has 6 rings (SSSR count). The Bertz CT molecular complexity index is 1380. The fraction of sp³-hybridized carbons (Fsp3) is 0.765. The molecule has 0 spiro atoms. The van der Waals surface area contributed by atoms with E-state index in [0.717, 1.165) is 36.7 Å². The molecule has 0 aromatic carbocycles. The summed E-state index contributed by atoms with van der Waals surface area (Å²) in [7, 11) is 0. The van der Waals surface area contributed by atoms with Crippen molar-refractivity contribution in [1.29, 1.82) is 0 Å². The number of ketones is 2. The highest BCUT2D eigenvalue weighted by molar-refractivity contribution is 5.97. The number of carbonyl (C=O) groups is 3. The molecule has 1 aromatic heterocycles. The van der Waals surface area contributed by atoms with Crippen LogP contribution < -0.4 is 0 Å². The number of carbonyl (C=O) groups excluding carboxylic acids is 3. The summed E-state index contributed by atoms with van der Waals surface area (Å²) in [5.41, 5.74) is -1.15. The number of Topliss-reactive ketones (excluding diaryl/α,β-unsaturated/α-hetero) is 1. The molecule has 5 aliphatic rings. The minimum absolute atomic E-state index is 0.00571. The first-order valence-electron chi connectivity index (χ1n) is 15.6. The molecule has 0 saturated heterocycles. The molecule has 42 heavy (non-hydrogen) atoms. The molecule has 1 heterocycles. The van der Waals surface area contributed by atoms with Gasteiger partial charge < -0.3 is 9.32 Å². The van der Waals surface area contributed by atoms with Gasteiger partial charge in [0.05, 0.1) is 18.0 Å². The van der Waals surface area contributed by atoms with Gasteiger partial charge in [0.2, 0.25) is 0 Å². The van der Waals surface area contributed by atoms with Gasteiger partial charge in [0.15, 0.2) is 11.5 Å². The quantitative estimate of drug-likeness (QED) is 0.337. The topological polar surface area (TPSA) is 77.2 Å². The van der Waals surface area contributed by atoms with Crippen molar-refractivity contribution < 1.29 is 32.1 Å². The number of fused-ring (bicyclic) bond motifs is 8. The van der Waals surface area contributed by atoms with Gasteiger partial charge in [-0.3, -0.25) is 9.59 Å². The molecule has 0 N–H and O–H groups in total. The van der Waals surface area contributed by atoms with Gasteiger partial charge >= 0.3 is 6.18 Å². The predicted molar refractivity (Wildman–Crippen MR) is 150 cm³/mol. The van der Waals surface area contributed by atoms with E-state index in [2.05, 4.69) is 39.8 Å². The third-order valence-electron chi connectivity index (χ3n) is 13.5. The molecule has 5 nitrogen and oxygen atoms in total. The normalized spacial score (nSPS) is 44.1. The van der Waals surface area contributed by atoms with Crippen LogP contribution in [0.4, 0.5) is 13.2 Å². The van der Waals surface area contributed by atoms with Crippen LogP contribution in [0.25, 0.3) is 0 Å². The molecule has 8 atom stereocenters. The van der Waals surface area contributed by atoms with Crippen LogP contribution in [-0.2, 0) is 26.2 Å². The van der Waals surface area contributed by atoms with E-state index in [-0.39, 0.29) is 34.2 Å². The molecule has 0 amide bonds. The highest BCUT2D eigenvalue weighted by atomic mass is 19.4. The molecule has 3 saturated carbocycles. The van der Waals surface area contributed by atoms with Crippen LogP contribution >= 0.6 is 0 Å². The lowest BCUT2D eigenvalue weighted by Crippen LogP contribution is -2.66. The van der Waals surface area contributed by atoms with Crippen LogP contribution in [0.15, 0.2) is 22.4 Å². The Morgan fingerprint density at radius 2 is 1.76 bits per heavy atom. The lowest BCUT2D eigenvalue weighted by atomic mass is 9.33. The summed E-state index contributed by atoms with van der Waals surface area (Å²) in [5.74, 6) is -0.451. The maximum absolute atomic E-state index is 14.6. The Morgan fingerprint density at radius 1 is 1.07 bits per heavy atom. The minimum atomic E-state index is -4.39. The predicted octanol–water partition coefficient (Wildman–Crippen LogP) is 7.76. The van der Waals surface area contributed by atoms with Gasteiger partial charge in [0.25, 0.3) is 0 Å². The fourth-order valence-corrected chi connectivity index (χ4v) is 11.1. The van der Waals surface area contributed by atoms with E-state index in [1.165, 1.54) is 0 Å². The number of aromatic nitrogens is 1. The van der Waals surface area contributed by atoms with E-state index in [1.807, 2.05) is 13.0 Å². The maximum atomic E-state index is 14.6. The van der Waals surface area contributed by atoms with Gasteiger partial charge in [-0.25, -0.2) is 0 Å². The van der Waals surface area contributed by atoms with Gasteiger partial charge in [-0.05, 0) is 97.9 Å². The van der Waals surface area contributed by atoms with Crippen LogP contribution in [0.5, 0.6) is 0 Å². The SMILES string of the molecule is CC1(C)CC[C@]2(C(=O)CCC(F)(F)F)CC[C@]3(C)[C@H](C(=O)C=C4[C@@]5(C)Cc6cnoc6[C@@](C)(C=O)[C@@H]5CC[C@]43C)[C@@H]2C1. The van der Waals surface area contributed by atoms with Gasteiger partial charge in [0.1, 0.15) is 12.1 Å². The van der Waals surface area contributed by atoms with Crippen LogP contribution in [-0.4, -0.2) is 29.2 Å². The van der Waals surface area contributed by atoms with Crippen LogP contribution in [0.1, 0.15) is 111 Å². The number of aldehydes is 1. The number of hydrogen-bond acceptors (Lipinski definition) is 5. The number of rotatable bonds is 4.